The number of nitrogens with zero attached hydrogens (tertiary/aromatic N) is 1. The number of benzene rings is 3. The van der Waals surface area contributed by atoms with Gasteiger partial charge < -0.3 is 24.2 Å². The molecule has 7 nitrogen and oxygen atoms in total. The van der Waals surface area contributed by atoms with Gasteiger partial charge in [-0.15, -0.1) is 0 Å². The van der Waals surface area contributed by atoms with Crippen molar-refractivity contribution < 1.29 is 28.9 Å². The molecule has 0 unspecified atom stereocenters. The number of hydrogen-bond acceptors (Lipinski definition) is 6. The molecule has 0 saturated carbocycles. The van der Waals surface area contributed by atoms with Gasteiger partial charge in [0.1, 0.15) is 17.1 Å². The molecule has 4 rings (SSSR count). The van der Waals surface area contributed by atoms with Crippen LogP contribution in [-0.2, 0) is 22.3 Å². The van der Waals surface area contributed by atoms with E-state index in [2.05, 4.69) is 6.07 Å². The molecule has 212 valence electrons. The van der Waals surface area contributed by atoms with E-state index in [4.69, 9.17) is 25.8 Å². The second kappa shape index (κ2) is 12.7. The number of methoxy groups -OCH3 is 1. The maximum absolute atomic E-state index is 13.4. The SMILES string of the molecule is COC(=O)c1cccc(Oc2ccc3c(c2)C[C@@H](N(C[C@H](O)c2cccc(Cl)c2)C(=O)OC(C)(C)C)CCC3)c1. The molecule has 3 aromatic rings. The van der Waals surface area contributed by atoms with E-state index in [-0.39, 0.29) is 12.6 Å². The van der Waals surface area contributed by atoms with Gasteiger partial charge in [-0.2, -0.15) is 0 Å². The van der Waals surface area contributed by atoms with E-state index in [1.54, 1.807) is 53.4 Å². The molecule has 0 spiro atoms. The van der Waals surface area contributed by atoms with Crippen LogP contribution in [0.3, 0.4) is 0 Å². The fraction of sp³-hybridized carbons (Fsp3) is 0.375. The first-order valence-electron chi connectivity index (χ1n) is 13.4. The summed E-state index contributed by atoms with van der Waals surface area (Å²) in [6, 6.07) is 19.6. The largest absolute Gasteiger partial charge is 0.465 e. The van der Waals surface area contributed by atoms with Crippen LogP contribution >= 0.6 is 11.6 Å². The minimum Gasteiger partial charge on any atom is -0.465 e. The third-order valence-electron chi connectivity index (χ3n) is 6.78. The molecule has 0 fully saturated rings. The third kappa shape index (κ3) is 7.77. The van der Waals surface area contributed by atoms with E-state index in [0.717, 1.165) is 24.8 Å². The zero-order valence-corrected chi connectivity index (χ0v) is 24.1. The first-order chi connectivity index (χ1) is 19.0. The molecule has 1 aliphatic rings. The lowest BCUT2D eigenvalue weighted by Gasteiger charge is -2.34. The number of ether oxygens (including phenoxy) is 3. The van der Waals surface area contributed by atoms with Crippen LogP contribution in [0.5, 0.6) is 11.5 Å². The van der Waals surface area contributed by atoms with Crippen molar-refractivity contribution >= 4 is 23.7 Å². The highest BCUT2D eigenvalue weighted by Crippen LogP contribution is 2.31. The maximum atomic E-state index is 13.4. The van der Waals surface area contributed by atoms with Gasteiger partial charge in [0.05, 0.1) is 25.3 Å². The third-order valence-corrected chi connectivity index (χ3v) is 7.01. The van der Waals surface area contributed by atoms with E-state index in [1.807, 2.05) is 32.9 Å². The molecule has 0 aliphatic heterocycles. The Balaban J connectivity index is 1.59. The molecule has 1 aliphatic carbocycles. The zero-order chi connectivity index (χ0) is 28.9. The lowest BCUT2D eigenvalue weighted by Crippen LogP contribution is -2.46. The van der Waals surface area contributed by atoms with Gasteiger partial charge in [-0.05, 0) is 106 Å². The normalized spacial score (nSPS) is 15.8. The number of halogens is 1. The lowest BCUT2D eigenvalue weighted by atomic mass is 10.00. The number of aryl methyl sites for hydroxylation is 1. The summed E-state index contributed by atoms with van der Waals surface area (Å²) in [6.07, 6.45) is 1.69. The minimum atomic E-state index is -0.925. The van der Waals surface area contributed by atoms with Crippen molar-refractivity contribution in [2.24, 2.45) is 0 Å². The summed E-state index contributed by atoms with van der Waals surface area (Å²) >= 11 is 6.15. The number of carbonyl (C=O) groups is 2. The fourth-order valence-corrected chi connectivity index (χ4v) is 5.09. The zero-order valence-electron chi connectivity index (χ0n) is 23.4. The smallest absolute Gasteiger partial charge is 0.410 e. The van der Waals surface area contributed by atoms with E-state index in [1.165, 1.54) is 12.7 Å². The maximum Gasteiger partial charge on any atom is 0.410 e. The summed E-state index contributed by atoms with van der Waals surface area (Å²) in [7, 11) is 1.34. The topological polar surface area (TPSA) is 85.3 Å². The summed E-state index contributed by atoms with van der Waals surface area (Å²) in [5.41, 5.74) is 2.62. The van der Waals surface area contributed by atoms with Crippen LogP contribution in [-0.4, -0.2) is 47.4 Å². The van der Waals surface area contributed by atoms with Crippen LogP contribution in [0.1, 0.15) is 66.8 Å². The average molecular weight is 566 g/mol. The van der Waals surface area contributed by atoms with Crippen molar-refractivity contribution in [2.75, 3.05) is 13.7 Å². The molecular formula is C32H36ClNO6. The number of amides is 1. The first-order valence-corrected chi connectivity index (χ1v) is 13.8. The molecule has 0 bridgehead atoms. The van der Waals surface area contributed by atoms with E-state index in [9.17, 15) is 14.7 Å². The van der Waals surface area contributed by atoms with Crippen LogP contribution in [0.2, 0.25) is 5.02 Å². The van der Waals surface area contributed by atoms with Gasteiger partial charge in [-0.1, -0.05) is 35.9 Å². The summed E-state index contributed by atoms with van der Waals surface area (Å²) in [5, 5.41) is 11.6. The Hall–Kier alpha value is -3.55. The summed E-state index contributed by atoms with van der Waals surface area (Å²) in [4.78, 5) is 27.0. The van der Waals surface area contributed by atoms with Crippen LogP contribution in [0, 0.1) is 0 Å². The molecular weight excluding hydrogens is 530 g/mol. The quantitative estimate of drug-likeness (QED) is 0.242. The highest BCUT2D eigenvalue weighted by Gasteiger charge is 2.32. The number of rotatable bonds is 7. The van der Waals surface area contributed by atoms with Crippen molar-refractivity contribution in [1.29, 1.82) is 0 Å². The van der Waals surface area contributed by atoms with Gasteiger partial charge in [0.15, 0.2) is 0 Å². The van der Waals surface area contributed by atoms with E-state index in [0.29, 0.717) is 34.1 Å². The Labute approximate surface area is 240 Å². The summed E-state index contributed by atoms with van der Waals surface area (Å²) in [5.74, 6) is 0.717. The molecule has 2 atom stereocenters. The highest BCUT2D eigenvalue weighted by molar-refractivity contribution is 6.30. The average Bonchev–Trinajstić information content (AvgIpc) is 3.12. The standard InChI is InChI=1S/C32H36ClNO6/c1-32(2,3)40-31(37)34(20-29(35)22-9-5-11-25(33)16-22)26-12-6-8-21-14-15-28(19-24(21)17-26)39-27-13-7-10-23(18-27)30(36)38-4/h5,7,9-11,13-16,18-19,26,29,35H,6,8,12,17,20H2,1-4H3/t26-,29-/m0/s1. The Morgan fingerprint density at radius 3 is 2.50 bits per heavy atom. The van der Waals surface area contributed by atoms with Crippen molar-refractivity contribution in [1.82, 2.24) is 4.90 Å². The first kappa shape index (κ1) is 29.4. The van der Waals surface area contributed by atoms with Crippen LogP contribution in [0.15, 0.2) is 66.7 Å². The van der Waals surface area contributed by atoms with Crippen LogP contribution < -0.4 is 4.74 Å². The monoisotopic (exact) mass is 565 g/mol. The molecule has 0 aromatic heterocycles. The summed E-state index contributed by atoms with van der Waals surface area (Å²) < 4.78 is 16.7. The molecule has 0 saturated heterocycles. The lowest BCUT2D eigenvalue weighted by molar-refractivity contribution is 0.00259. The fourth-order valence-electron chi connectivity index (χ4n) is 4.89. The highest BCUT2D eigenvalue weighted by atomic mass is 35.5. The van der Waals surface area contributed by atoms with Gasteiger partial charge in [-0.25, -0.2) is 9.59 Å². The molecule has 0 heterocycles. The van der Waals surface area contributed by atoms with Crippen molar-refractivity contribution in [3.8, 4) is 11.5 Å². The van der Waals surface area contributed by atoms with Gasteiger partial charge in [-0.3, -0.25) is 0 Å². The summed E-state index contributed by atoms with van der Waals surface area (Å²) in [6.45, 7) is 5.57. The number of aliphatic hydroxyl groups excluding tert-OH is 1. The predicted molar refractivity (Wildman–Crippen MR) is 154 cm³/mol. The molecule has 0 radical (unpaired) electrons. The van der Waals surface area contributed by atoms with Crippen LogP contribution in [0.25, 0.3) is 0 Å². The predicted octanol–water partition coefficient (Wildman–Crippen LogP) is 7.14. The number of aliphatic hydroxyl groups is 1. The van der Waals surface area contributed by atoms with Crippen molar-refractivity contribution in [2.45, 2.75) is 64.2 Å². The second-order valence-corrected chi connectivity index (χ2v) is 11.4. The number of hydrogen-bond donors (Lipinski definition) is 1. The van der Waals surface area contributed by atoms with Gasteiger partial charge in [0.25, 0.3) is 0 Å². The van der Waals surface area contributed by atoms with E-state index >= 15 is 0 Å². The van der Waals surface area contributed by atoms with Crippen LogP contribution in [0.4, 0.5) is 4.79 Å². The van der Waals surface area contributed by atoms with E-state index < -0.39 is 23.8 Å². The van der Waals surface area contributed by atoms with Crippen molar-refractivity contribution in [3.63, 3.8) is 0 Å². The molecule has 40 heavy (non-hydrogen) atoms. The number of fused-ring (bicyclic) bond motifs is 1. The molecule has 8 heteroatoms. The molecule has 1 amide bonds. The van der Waals surface area contributed by atoms with Gasteiger partial charge in [0.2, 0.25) is 0 Å². The molecule has 1 N–H and O–H groups in total. The number of esters is 1. The second-order valence-electron chi connectivity index (χ2n) is 11.0. The Morgan fingerprint density at radius 1 is 1.02 bits per heavy atom. The Kier molecular flexibility index (Phi) is 9.38. The van der Waals surface area contributed by atoms with Gasteiger partial charge in [0, 0.05) is 11.1 Å². The Bertz CT molecular complexity index is 1350. The molecule has 3 aromatic carbocycles. The van der Waals surface area contributed by atoms with Gasteiger partial charge >= 0.3 is 12.1 Å². The Morgan fingerprint density at radius 2 is 1.77 bits per heavy atom. The van der Waals surface area contributed by atoms with Crippen molar-refractivity contribution in [3.05, 3.63) is 94.0 Å². The minimum absolute atomic E-state index is 0.0752. The number of carbonyl (C=O) groups excluding carboxylic acids is 2.